The van der Waals surface area contributed by atoms with Crippen molar-refractivity contribution in [3.8, 4) is 5.82 Å². The van der Waals surface area contributed by atoms with Gasteiger partial charge in [-0.3, -0.25) is 14.3 Å². The second-order valence-corrected chi connectivity index (χ2v) is 8.26. The molecule has 0 radical (unpaired) electrons. The third-order valence-electron chi connectivity index (χ3n) is 6.15. The second-order valence-electron chi connectivity index (χ2n) is 8.26. The summed E-state index contributed by atoms with van der Waals surface area (Å²) in [6, 6.07) is 5.51. The first kappa shape index (κ1) is 18.6. The van der Waals surface area contributed by atoms with Crippen LogP contribution in [0.4, 0.5) is 11.6 Å². The van der Waals surface area contributed by atoms with Gasteiger partial charge in [0.2, 0.25) is 0 Å². The number of aromatic nitrogens is 6. The molecule has 2 unspecified atom stereocenters. The Labute approximate surface area is 172 Å². The van der Waals surface area contributed by atoms with Crippen LogP contribution in [0.5, 0.6) is 0 Å². The Morgan fingerprint density at radius 2 is 1.60 bits per heavy atom. The van der Waals surface area contributed by atoms with Gasteiger partial charge in [-0.1, -0.05) is 0 Å². The predicted molar refractivity (Wildman–Crippen MR) is 112 cm³/mol. The Kier molecular flexibility index (Phi) is 4.23. The topological polar surface area (TPSA) is 105 Å². The van der Waals surface area contributed by atoms with Gasteiger partial charge in [0.1, 0.15) is 18.0 Å². The fourth-order valence-corrected chi connectivity index (χ4v) is 4.58. The van der Waals surface area contributed by atoms with Crippen LogP contribution < -0.4 is 21.0 Å². The smallest absolute Gasteiger partial charge is 0.329 e. The van der Waals surface area contributed by atoms with Crippen molar-refractivity contribution in [3.05, 3.63) is 56.8 Å². The molecule has 10 nitrogen and oxygen atoms in total. The van der Waals surface area contributed by atoms with E-state index in [4.69, 9.17) is 0 Å². The molecule has 5 rings (SSSR count). The lowest BCUT2D eigenvalue weighted by Gasteiger charge is -2.23. The summed E-state index contributed by atoms with van der Waals surface area (Å²) in [6.45, 7) is 7.35. The predicted octanol–water partition coefficient (Wildman–Crippen LogP) is 0.239. The minimum atomic E-state index is -0.381. The van der Waals surface area contributed by atoms with Crippen LogP contribution in [0.1, 0.15) is 11.4 Å². The fourth-order valence-electron chi connectivity index (χ4n) is 4.58. The molecular weight excluding hydrogens is 384 g/mol. The maximum atomic E-state index is 12.0. The van der Waals surface area contributed by atoms with E-state index in [-0.39, 0.29) is 11.2 Å². The van der Waals surface area contributed by atoms with Crippen LogP contribution in [0.3, 0.4) is 0 Å². The molecule has 10 heteroatoms. The summed E-state index contributed by atoms with van der Waals surface area (Å²) >= 11 is 0. The van der Waals surface area contributed by atoms with Crippen LogP contribution >= 0.6 is 0 Å². The monoisotopic (exact) mass is 408 g/mol. The Morgan fingerprint density at radius 1 is 0.933 bits per heavy atom. The summed E-state index contributed by atoms with van der Waals surface area (Å²) in [5.74, 6) is 3.17. The largest absolute Gasteiger partial charge is 0.357 e. The van der Waals surface area contributed by atoms with Gasteiger partial charge < -0.3 is 9.80 Å². The van der Waals surface area contributed by atoms with Crippen LogP contribution in [0.25, 0.3) is 5.82 Å². The standard InChI is InChI=1S/C20H24N8O2/c1-12-4-13(2)28(24-12)17-5-16(21-11-22-17)26-7-14-9-27(10-15(14)8-26)18-6-19(29)25(3)20(30)23-18/h4-6,11,14-15H,7-10H2,1-3H3,(H,23,30). The molecule has 30 heavy (non-hydrogen) atoms. The summed E-state index contributed by atoms with van der Waals surface area (Å²) in [5.41, 5.74) is 1.32. The first-order valence-corrected chi connectivity index (χ1v) is 10.0. The zero-order valence-electron chi connectivity index (χ0n) is 17.2. The minimum absolute atomic E-state index is 0.287. The highest BCUT2D eigenvalue weighted by atomic mass is 16.2. The highest BCUT2D eigenvalue weighted by Crippen LogP contribution is 2.34. The Bertz CT molecular complexity index is 1180. The molecule has 0 bridgehead atoms. The summed E-state index contributed by atoms with van der Waals surface area (Å²) in [6.07, 6.45) is 1.59. The third kappa shape index (κ3) is 3.08. The zero-order valence-corrected chi connectivity index (χ0v) is 17.2. The number of nitrogens with zero attached hydrogens (tertiary/aromatic N) is 7. The maximum absolute atomic E-state index is 12.0. The number of rotatable bonds is 3. The van der Waals surface area contributed by atoms with Crippen molar-refractivity contribution in [3.63, 3.8) is 0 Å². The van der Waals surface area contributed by atoms with E-state index in [1.807, 2.05) is 30.7 Å². The fraction of sp³-hybridized carbons (Fsp3) is 0.450. The molecule has 0 spiro atoms. The summed E-state index contributed by atoms with van der Waals surface area (Å²) in [5, 5.41) is 4.51. The molecule has 0 aliphatic carbocycles. The van der Waals surface area contributed by atoms with E-state index in [1.54, 1.807) is 6.33 Å². The van der Waals surface area contributed by atoms with E-state index in [2.05, 4.69) is 29.9 Å². The highest BCUT2D eigenvalue weighted by molar-refractivity contribution is 5.47. The molecule has 2 fully saturated rings. The van der Waals surface area contributed by atoms with Gasteiger partial charge in [0.05, 0.1) is 5.69 Å². The molecule has 156 valence electrons. The van der Waals surface area contributed by atoms with Crippen molar-refractivity contribution in [2.24, 2.45) is 18.9 Å². The van der Waals surface area contributed by atoms with Crippen molar-refractivity contribution >= 4 is 11.6 Å². The average Bonchev–Trinajstić information content (AvgIpc) is 3.38. The average molecular weight is 408 g/mol. The van der Waals surface area contributed by atoms with Crippen LogP contribution in [0.15, 0.2) is 34.1 Å². The molecule has 2 aliphatic heterocycles. The van der Waals surface area contributed by atoms with Crippen molar-refractivity contribution in [1.82, 2.24) is 29.3 Å². The Balaban J connectivity index is 1.33. The normalized spacial score (nSPS) is 20.8. The lowest BCUT2D eigenvalue weighted by molar-refractivity contribution is 0.533. The number of H-pyrrole nitrogens is 1. The number of hydrogen-bond acceptors (Lipinski definition) is 7. The summed E-state index contributed by atoms with van der Waals surface area (Å²) in [7, 11) is 1.48. The number of nitrogens with one attached hydrogen (secondary N) is 1. The number of aromatic amines is 1. The van der Waals surface area contributed by atoms with Crippen molar-refractivity contribution in [2.75, 3.05) is 36.0 Å². The molecule has 3 aromatic rings. The van der Waals surface area contributed by atoms with E-state index in [0.717, 1.165) is 53.8 Å². The quantitative estimate of drug-likeness (QED) is 0.662. The number of hydrogen-bond donors (Lipinski definition) is 1. The first-order valence-electron chi connectivity index (χ1n) is 10.0. The van der Waals surface area contributed by atoms with E-state index >= 15 is 0 Å². The molecule has 5 heterocycles. The molecule has 2 atom stereocenters. The van der Waals surface area contributed by atoms with Gasteiger partial charge in [0.15, 0.2) is 5.82 Å². The lowest BCUT2D eigenvalue weighted by atomic mass is 10.0. The van der Waals surface area contributed by atoms with E-state index in [0.29, 0.717) is 17.7 Å². The molecule has 0 aromatic carbocycles. The van der Waals surface area contributed by atoms with E-state index in [1.165, 1.54) is 13.1 Å². The molecule has 0 amide bonds. The van der Waals surface area contributed by atoms with Gasteiger partial charge >= 0.3 is 5.69 Å². The second kappa shape index (κ2) is 6.82. The summed E-state index contributed by atoms with van der Waals surface area (Å²) < 4.78 is 2.92. The number of anilines is 2. The molecule has 3 aromatic heterocycles. The van der Waals surface area contributed by atoms with Gasteiger partial charge in [-0.2, -0.15) is 5.10 Å². The van der Waals surface area contributed by atoms with Gasteiger partial charge in [0, 0.05) is 62.9 Å². The van der Waals surface area contributed by atoms with Crippen LogP contribution in [-0.2, 0) is 7.05 Å². The SMILES string of the molecule is Cc1cc(C)n(-c2cc(N3CC4CN(c5cc(=O)n(C)c(=O)[nH]5)CC4C3)ncn2)n1. The lowest BCUT2D eigenvalue weighted by Crippen LogP contribution is -2.36. The van der Waals surface area contributed by atoms with E-state index < -0.39 is 0 Å². The molecule has 2 saturated heterocycles. The van der Waals surface area contributed by atoms with Crippen molar-refractivity contribution in [2.45, 2.75) is 13.8 Å². The zero-order chi connectivity index (χ0) is 21.0. The van der Waals surface area contributed by atoms with Crippen LogP contribution in [0, 0.1) is 25.7 Å². The van der Waals surface area contributed by atoms with Gasteiger partial charge in [-0.15, -0.1) is 0 Å². The first-order chi connectivity index (χ1) is 14.4. The summed E-state index contributed by atoms with van der Waals surface area (Å²) in [4.78, 5) is 40.0. The number of aryl methyl sites for hydroxylation is 2. The van der Waals surface area contributed by atoms with Gasteiger partial charge in [-0.25, -0.2) is 19.4 Å². The Hall–Kier alpha value is -3.43. The molecular formula is C20H24N8O2. The van der Waals surface area contributed by atoms with Crippen LogP contribution in [0.2, 0.25) is 0 Å². The van der Waals surface area contributed by atoms with E-state index in [9.17, 15) is 9.59 Å². The Morgan fingerprint density at radius 3 is 2.23 bits per heavy atom. The minimum Gasteiger partial charge on any atom is -0.357 e. The highest BCUT2D eigenvalue weighted by Gasteiger charge is 2.41. The van der Waals surface area contributed by atoms with Gasteiger partial charge in [-0.05, 0) is 19.9 Å². The van der Waals surface area contributed by atoms with Crippen molar-refractivity contribution < 1.29 is 0 Å². The van der Waals surface area contributed by atoms with Crippen molar-refractivity contribution in [1.29, 1.82) is 0 Å². The molecule has 2 aliphatic rings. The van der Waals surface area contributed by atoms with Gasteiger partial charge in [0.25, 0.3) is 5.56 Å². The third-order valence-corrected chi connectivity index (χ3v) is 6.15. The molecule has 1 N–H and O–H groups in total. The maximum Gasteiger partial charge on any atom is 0.329 e. The number of fused-ring (bicyclic) bond motifs is 1. The molecule has 0 saturated carbocycles. The van der Waals surface area contributed by atoms with Crippen LogP contribution in [-0.4, -0.2) is 55.5 Å².